The quantitative estimate of drug-likeness (QED) is 0.844. The molecule has 18 heavy (non-hydrogen) atoms. The summed E-state index contributed by atoms with van der Waals surface area (Å²) in [7, 11) is 1.88. The van der Waals surface area contributed by atoms with Gasteiger partial charge in [-0.2, -0.15) is 0 Å². The van der Waals surface area contributed by atoms with Crippen molar-refractivity contribution in [2.75, 3.05) is 26.2 Å². The van der Waals surface area contributed by atoms with Crippen LogP contribution in [0.2, 0.25) is 0 Å². The van der Waals surface area contributed by atoms with Crippen molar-refractivity contribution in [1.82, 2.24) is 14.8 Å². The van der Waals surface area contributed by atoms with Crippen molar-refractivity contribution in [2.45, 2.75) is 19.3 Å². The van der Waals surface area contributed by atoms with Crippen molar-refractivity contribution in [2.24, 2.45) is 7.05 Å². The summed E-state index contributed by atoms with van der Waals surface area (Å²) in [5.74, 6) is 0.00428. The number of aryl methyl sites for hydroxylation is 1. The zero-order chi connectivity index (χ0) is 13.0. The third-order valence-electron chi connectivity index (χ3n) is 3.34. The van der Waals surface area contributed by atoms with Crippen LogP contribution in [0.3, 0.4) is 0 Å². The summed E-state index contributed by atoms with van der Waals surface area (Å²) in [6.07, 6.45) is 5.56. The van der Waals surface area contributed by atoms with Gasteiger partial charge in [-0.3, -0.25) is 4.79 Å². The minimum atomic E-state index is 0.00428. The van der Waals surface area contributed by atoms with E-state index in [1.807, 2.05) is 23.9 Å². The highest BCUT2D eigenvalue weighted by Gasteiger charge is 2.12. The van der Waals surface area contributed by atoms with Gasteiger partial charge in [0.2, 0.25) is 0 Å². The lowest BCUT2D eigenvalue weighted by atomic mass is 10.3. The largest absolute Gasteiger partial charge is 0.351 e. The molecule has 0 atom stereocenters. The van der Waals surface area contributed by atoms with E-state index in [-0.39, 0.29) is 5.91 Å². The summed E-state index contributed by atoms with van der Waals surface area (Å²) in [5, 5.41) is 2.97. The Bertz CT molecular complexity index is 410. The first kappa shape index (κ1) is 13.6. The van der Waals surface area contributed by atoms with E-state index in [2.05, 4.69) is 26.1 Å². The Kier molecular flexibility index (Phi) is 4.83. The van der Waals surface area contributed by atoms with Gasteiger partial charge in [-0.25, -0.2) is 0 Å². The maximum atomic E-state index is 11.9. The fourth-order valence-corrected chi connectivity index (χ4v) is 2.88. The lowest BCUT2D eigenvalue weighted by Gasteiger charge is -2.14. The lowest BCUT2D eigenvalue weighted by molar-refractivity contribution is 0.0944. The van der Waals surface area contributed by atoms with Crippen molar-refractivity contribution in [1.29, 1.82) is 0 Å². The number of amides is 1. The fraction of sp³-hybridized carbons (Fsp3) is 0.615. The van der Waals surface area contributed by atoms with E-state index in [1.54, 1.807) is 0 Å². The minimum Gasteiger partial charge on any atom is -0.351 e. The SMILES string of the molecule is Cn1cc(Br)cc1C(=O)NCCCN1CCCC1. The molecule has 1 amide bonds. The van der Waals surface area contributed by atoms with Crippen LogP contribution in [-0.2, 0) is 7.05 Å². The van der Waals surface area contributed by atoms with Gasteiger partial charge in [0.25, 0.3) is 5.91 Å². The van der Waals surface area contributed by atoms with E-state index in [0.29, 0.717) is 5.69 Å². The van der Waals surface area contributed by atoms with Gasteiger partial charge in [0.05, 0.1) is 0 Å². The Morgan fingerprint density at radius 3 is 2.78 bits per heavy atom. The second-order valence-electron chi connectivity index (χ2n) is 4.81. The van der Waals surface area contributed by atoms with Gasteiger partial charge in [-0.05, 0) is 60.9 Å². The maximum Gasteiger partial charge on any atom is 0.267 e. The summed E-state index contributed by atoms with van der Waals surface area (Å²) < 4.78 is 2.77. The molecule has 4 nitrogen and oxygen atoms in total. The zero-order valence-electron chi connectivity index (χ0n) is 10.8. The van der Waals surface area contributed by atoms with Crippen molar-refractivity contribution in [3.63, 3.8) is 0 Å². The molecular formula is C13H20BrN3O. The molecule has 1 aliphatic rings. The van der Waals surface area contributed by atoms with Crippen molar-refractivity contribution in [3.8, 4) is 0 Å². The maximum absolute atomic E-state index is 11.9. The molecule has 0 unspecified atom stereocenters. The number of aromatic nitrogens is 1. The van der Waals surface area contributed by atoms with E-state index in [0.717, 1.165) is 24.0 Å². The Morgan fingerprint density at radius 2 is 2.17 bits per heavy atom. The highest BCUT2D eigenvalue weighted by atomic mass is 79.9. The molecule has 0 radical (unpaired) electrons. The molecule has 2 rings (SSSR count). The molecular weight excluding hydrogens is 294 g/mol. The molecule has 0 bridgehead atoms. The normalized spacial score (nSPS) is 16.1. The number of hydrogen-bond acceptors (Lipinski definition) is 2. The molecule has 1 saturated heterocycles. The van der Waals surface area contributed by atoms with E-state index < -0.39 is 0 Å². The van der Waals surface area contributed by atoms with Gasteiger partial charge in [-0.15, -0.1) is 0 Å². The predicted octanol–water partition coefficient (Wildman–Crippen LogP) is 2.00. The van der Waals surface area contributed by atoms with Gasteiger partial charge >= 0.3 is 0 Å². The zero-order valence-corrected chi connectivity index (χ0v) is 12.4. The summed E-state index contributed by atoms with van der Waals surface area (Å²) >= 11 is 3.37. The first-order valence-electron chi connectivity index (χ1n) is 6.49. The molecule has 2 heterocycles. The Morgan fingerprint density at radius 1 is 1.44 bits per heavy atom. The van der Waals surface area contributed by atoms with Crippen molar-refractivity contribution < 1.29 is 4.79 Å². The molecule has 0 saturated carbocycles. The Labute approximate surface area is 116 Å². The molecule has 1 N–H and O–H groups in total. The molecule has 1 aliphatic heterocycles. The minimum absolute atomic E-state index is 0.00428. The average Bonchev–Trinajstić information content (AvgIpc) is 2.94. The van der Waals surface area contributed by atoms with Crippen LogP contribution < -0.4 is 5.32 Å². The number of nitrogens with zero attached hydrogens (tertiary/aromatic N) is 2. The van der Waals surface area contributed by atoms with Gasteiger partial charge in [0, 0.05) is 24.3 Å². The van der Waals surface area contributed by atoms with Crippen LogP contribution in [0, 0.1) is 0 Å². The molecule has 0 aliphatic carbocycles. The van der Waals surface area contributed by atoms with Crippen LogP contribution in [-0.4, -0.2) is 41.6 Å². The standard InChI is InChI=1S/C13H20BrN3O/c1-16-10-11(14)9-12(16)13(18)15-5-4-8-17-6-2-3-7-17/h9-10H,2-8H2,1H3,(H,15,18). The number of carbonyl (C=O) groups excluding carboxylic acids is 1. The van der Waals surface area contributed by atoms with Crippen LogP contribution in [0.1, 0.15) is 29.8 Å². The summed E-state index contributed by atoms with van der Waals surface area (Å²) in [5.41, 5.74) is 0.697. The highest BCUT2D eigenvalue weighted by molar-refractivity contribution is 9.10. The van der Waals surface area contributed by atoms with Crippen LogP contribution in [0.25, 0.3) is 0 Å². The number of rotatable bonds is 5. The third kappa shape index (κ3) is 3.59. The van der Waals surface area contributed by atoms with Gasteiger partial charge in [0.1, 0.15) is 5.69 Å². The number of likely N-dealkylation sites (tertiary alicyclic amines) is 1. The number of halogens is 1. The molecule has 5 heteroatoms. The van der Waals surface area contributed by atoms with Crippen molar-refractivity contribution in [3.05, 3.63) is 22.4 Å². The Balaban J connectivity index is 1.70. The fourth-order valence-electron chi connectivity index (χ4n) is 2.35. The number of carbonyl (C=O) groups is 1. The van der Waals surface area contributed by atoms with Gasteiger partial charge in [0.15, 0.2) is 0 Å². The van der Waals surface area contributed by atoms with Gasteiger partial charge in [-0.1, -0.05) is 0 Å². The molecule has 1 aromatic heterocycles. The summed E-state index contributed by atoms with van der Waals surface area (Å²) in [6.45, 7) is 4.28. The number of hydrogen-bond donors (Lipinski definition) is 1. The smallest absolute Gasteiger partial charge is 0.267 e. The Hall–Kier alpha value is -0.810. The van der Waals surface area contributed by atoms with E-state index in [1.165, 1.54) is 25.9 Å². The molecule has 0 aromatic carbocycles. The lowest BCUT2D eigenvalue weighted by Crippen LogP contribution is -2.29. The monoisotopic (exact) mass is 313 g/mol. The highest BCUT2D eigenvalue weighted by Crippen LogP contribution is 2.13. The predicted molar refractivity (Wildman–Crippen MR) is 75.7 cm³/mol. The second-order valence-corrected chi connectivity index (χ2v) is 5.73. The first-order valence-corrected chi connectivity index (χ1v) is 7.28. The van der Waals surface area contributed by atoms with E-state index in [4.69, 9.17) is 0 Å². The van der Waals surface area contributed by atoms with E-state index >= 15 is 0 Å². The van der Waals surface area contributed by atoms with Crippen LogP contribution >= 0.6 is 15.9 Å². The molecule has 0 spiro atoms. The summed E-state index contributed by atoms with van der Waals surface area (Å²) in [6, 6.07) is 1.84. The summed E-state index contributed by atoms with van der Waals surface area (Å²) in [4.78, 5) is 14.4. The molecule has 100 valence electrons. The first-order chi connectivity index (χ1) is 8.66. The third-order valence-corrected chi connectivity index (χ3v) is 3.77. The topological polar surface area (TPSA) is 37.3 Å². The average molecular weight is 314 g/mol. The second kappa shape index (κ2) is 6.38. The molecule has 1 fully saturated rings. The molecule has 1 aromatic rings. The van der Waals surface area contributed by atoms with Crippen molar-refractivity contribution >= 4 is 21.8 Å². The number of nitrogens with one attached hydrogen (secondary N) is 1. The van der Waals surface area contributed by atoms with Crippen LogP contribution in [0.15, 0.2) is 16.7 Å². The van der Waals surface area contributed by atoms with Gasteiger partial charge < -0.3 is 14.8 Å². The van der Waals surface area contributed by atoms with Crippen LogP contribution in [0.4, 0.5) is 0 Å². The van der Waals surface area contributed by atoms with E-state index in [9.17, 15) is 4.79 Å². The van der Waals surface area contributed by atoms with Crippen LogP contribution in [0.5, 0.6) is 0 Å².